The maximum Gasteiger partial charge on any atom is 0.271 e. The van der Waals surface area contributed by atoms with E-state index in [0.717, 1.165) is 0 Å². The zero-order valence-electron chi connectivity index (χ0n) is 11.6. The van der Waals surface area contributed by atoms with Crippen molar-refractivity contribution >= 4 is 12.1 Å². The van der Waals surface area contributed by atoms with Crippen LogP contribution in [0.1, 0.15) is 15.9 Å². The fraction of sp³-hybridized carbons (Fsp3) is 0.0667. The predicted molar refractivity (Wildman–Crippen MR) is 79.5 cm³/mol. The highest BCUT2D eigenvalue weighted by Crippen LogP contribution is 2.26. The lowest BCUT2D eigenvalue weighted by Crippen LogP contribution is -2.17. The number of carbonyl (C=O) groups is 1. The molecule has 0 heterocycles. The van der Waals surface area contributed by atoms with Gasteiger partial charge in [0.2, 0.25) is 0 Å². The zero-order chi connectivity index (χ0) is 16.1. The van der Waals surface area contributed by atoms with Crippen molar-refractivity contribution in [2.45, 2.75) is 0 Å². The lowest BCUT2D eigenvalue weighted by atomic mass is 10.2. The normalized spacial score (nSPS) is 10.6. The first-order valence-electron chi connectivity index (χ1n) is 6.23. The number of hydrogen-bond acceptors (Lipinski definition) is 6. The molecule has 0 radical (unpaired) electrons. The van der Waals surface area contributed by atoms with Crippen LogP contribution >= 0.6 is 0 Å². The SMILES string of the molecule is COc1cc(C(=O)NN=Cc2cc(O)ccc2O)ccc1O. The Balaban J connectivity index is 2.09. The third-order valence-corrected chi connectivity index (χ3v) is 2.82. The Bertz CT molecular complexity index is 728. The molecular formula is C15H14N2O5. The summed E-state index contributed by atoms with van der Waals surface area (Å²) in [4.78, 5) is 11.9. The summed E-state index contributed by atoms with van der Waals surface area (Å²) in [5.74, 6) is -0.542. The van der Waals surface area contributed by atoms with Crippen LogP contribution in [0.4, 0.5) is 0 Å². The maximum atomic E-state index is 11.9. The molecule has 0 aliphatic rings. The van der Waals surface area contributed by atoms with Gasteiger partial charge in [-0.25, -0.2) is 5.43 Å². The van der Waals surface area contributed by atoms with Gasteiger partial charge in [0.25, 0.3) is 5.91 Å². The van der Waals surface area contributed by atoms with Crippen molar-refractivity contribution in [2.75, 3.05) is 7.11 Å². The summed E-state index contributed by atoms with van der Waals surface area (Å²) in [5.41, 5.74) is 2.76. The predicted octanol–water partition coefficient (Wildman–Crippen LogP) is 1.58. The smallest absolute Gasteiger partial charge is 0.271 e. The van der Waals surface area contributed by atoms with Crippen molar-refractivity contribution in [2.24, 2.45) is 5.10 Å². The van der Waals surface area contributed by atoms with Crippen LogP contribution in [-0.4, -0.2) is 34.6 Å². The third-order valence-electron chi connectivity index (χ3n) is 2.82. The molecule has 0 aliphatic carbocycles. The molecule has 0 aromatic heterocycles. The van der Waals surface area contributed by atoms with E-state index in [0.29, 0.717) is 0 Å². The van der Waals surface area contributed by atoms with Gasteiger partial charge in [-0.2, -0.15) is 5.10 Å². The van der Waals surface area contributed by atoms with E-state index in [-0.39, 0.29) is 34.1 Å². The molecule has 0 saturated heterocycles. The molecule has 2 rings (SSSR count). The summed E-state index contributed by atoms with van der Waals surface area (Å²) < 4.78 is 4.91. The second kappa shape index (κ2) is 6.49. The number of rotatable bonds is 4. The molecule has 0 spiro atoms. The van der Waals surface area contributed by atoms with E-state index in [1.165, 1.54) is 49.7 Å². The number of phenols is 3. The molecule has 2 aromatic rings. The second-order valence-corrected chi connectivity index (χ2v) is 4.33. The van der Waals surface area contributed by atoms with Crippen LogP contribution in [0.3, 0.4) is 0 Å². The van der Waals surface area contributed by atoms with Crippen molar-refractivity contribution in [3.63, 3.8) is 0 Å². The van der Waals surface area contributed by atoms with Crippen LogP contribution in [0.25, 0.3) is 0 Å². The van der Waals surface area contributed by atoms with Gasteiger partial charge in [-0.15, -0.1) is 0 Å². The highest BCUT2D eigenvalue weighted by Gasteiger charge is 2.09. The van der Waals surface area contributed by atoms with E-state index in [1.54, 1.807) is 0 Å². The van der Waals surface area contributed by atoms with Gasteiger partial charge in [-0.3, -0.25) is 4.79 Å². The lowest BCUT2D eigenvalue weighted by Gasteiger charge is -2.05. The van der Waals surface area contributed by atoms with Gasteiger partial charge in [0.15, 0.2) is 11.5 Å². The summed E-state index contributed by atoms with van der Waals surface area (Å²) in [6, 6.07) is 8.05. The van der Waals surface area contributed by atoms with E-state index in [4.69, 9.17) is 4.74 Å². The standard InChI is InChI=1S/C15H14N2O5/c1-22-14-7-9(2-4-13(14)20)15(21)17-16-8-10-6-11(18)3-5-12(10)19/h2-8,18-20H,1H3,(H,17,21). The number of aromatic hydroxyl groups is 3. The van der Waals surface area contributed by atoms with E-state index >= 15 is 0 Å². The van der Waals surface area contributed by atoms with E-state index < -0.39 is 5.91 Å². The first-order chi connectivity index (χ1) is 10.5. The number of carbonyl (C=O) groups excluding carboxylic acids is 1. The summed E-state index contributed by atoms with van der Waals surface area (Å²) in [6.07, 6.45) is 1.20. The van der Waals surface area contributed by atoms with Gasteiger partial charge in [-0.1, -0.05) is 0 Å². The molecule has 4 N–H and O–H groups in total. The molecule has 1 amide bonds. The molecule has 22 heavy (non-hydrogen) atoms. The Morgan fingerprint density at radius 3 is 2.59 bits per heavy atom. The molecule has 0 unspecified atom stereocenters. The van der Waals surface area contributed by atoms with Crippen LogP contribution < -0.4 is 10.2 Å². The molecular weight excluding hydrogens is 288 g/mol. The number of nitrogens with one attached hydrogen (secondary N) is 1. The minimum Gasteiger partial charge on any atom is -0.508 e. The largest absolute Gasteiger partial charge is 0.508 e. The van der Waals surface area contributed by atoms with Gasteiger partial charge < -0.3 is 20.1 Å². The van der Waals surface area contributed by atoms with Gasteiger partial charge >= 0.3 is 0 Å². The zero-order valence-corrected chi connectivity index (χ0v) is 11.6. The molecule has 114 valence electrons. The molecule has 0 aliphatic heterocycles. The van der Waals surface area contributed by atoms with Crippen molar-refractivity contribution in [3.05, 3.63) is 47.5 Å². The van der Waals surface area contributed by atoms with Crippen molar-refractivity contribution in [3.8, 4) is 23.0 Å². The van der Waals surface area contributed by atoms with E-state index in [9.17, 15) is 20.1 Å². The first-order valence-corrected chi connectivity index (χ1v) is 6.23. The van der Waals surface area contributed by atoms with Crippen LogP contribution in [-0.2, 0) is 0 Å². The van der Waals surface area contributed by atoms with Gasteiger partial charge in [-0.05, 0) is 36.4 Å². The molecule has 0 fully saturated rings. The third kappa shape index (κ3) is 3.45. The summed E-state index contributed by atoms with van der Waals surface area (Å²) >= 11 is 0. The average Bonchev–Trinajstić information content (AvgIpc) is 2.51. The molecule has 7 heteroatoms. The lowest BCUT2D eigenvalue weighted by molar-refractivity contribution is 0.0954. The fourth-order valence-corrected chi connectivity index (χ4v) is 1.69. The van der Waals surface area contributed by atoms with Crippen LogP contribution in [0.2, 0.25) is 0 Å². The number of hydrazone groups is 1. The highest BCUT2D eigenvalue weighted by molar-refractivity contribution is 5.95. The Kier molecular flexibility index (Phi) is 4.47. The Morgan fingerprint density at radius 1 is 1.14 bits per heavy atom. The van der Waals surface area contributed by atoms with Crippen molar-refractivity contribution in [1.82, 2.24) is 5.43 Å². The number of amides is 1. The van der Waals surface area contributed by atoms with Crippen molar-refractivity contribution < 1.29 is 24.9 Å². The Labute approximate surface area is 126 Å². The average molecular weight is 302 g/mol. The van der Waals surface area contributed by atoms with Crippen LogP contribution in [0.15, 0.2) is 41.5 Å². The topological polar surface area (TPSA) is 111 Å². The summed E-state index contributed by atoms with van der Waals surface area (Å²) in [7, 11) is 1.37. The molecule has 0 bridgehead atoms. The number of hydrogen-bond donors (Lipinski definition) is 4. The summed E-state index contributed by atoms with van der Waals surface area (Å²) in [6.45, 7) is 0. The number of benzene rings is 2. The van der Waals surface area contributed by atoms with E-state index in [2.05, 4.69) is 10.5 Å². The van der Waals surface area contributed by atoms with Crippen molar-refractivity contribution in [1.29, 1.82) is 0 Å². The Hall–Kier alpha value is -3.22. The molecule has 0 atom stereocenters. The number of phenolic OH excluding ortho intramolecular Hbond substituents is 3. The molecule has 7 nitrogen and oxygen atoms in total. The molecule has 2 aromatic carbocycles. The quantitative estimate of drug-likeness (QED) is 0.389. The minimum absolute atomic E-state index is 0.0335. The van der Waals surface area contributed by atoms with Gasteiger partial charge in [0.05, 0.1) is 13.3 Å². The number of nitrogens with zero attached hydrogens (tertiary/aromatic N) is 1. The van der Waals surface area contributed by atoms with Gasteiger partial charge in [0, 0.05) is 11.1 Å². The molecule has 0 saturated carbocycles. The van der Waals surface area contributed by atoms with Crippen LogP contribution in [0.5, 0.6) is 23.0 Å². The monoisotopic (exact) mass is 302 g/mol. The minimum atomic E-state index is -0.519. The number of ether oxygens (including phenoxy) is 1. The van der Waals surface area contributed by atoms with E-state index in [1.807, 2.05) is 0 Å². The number of methoxy groups -OCH3 is 1. The second-order valence-electron chi connectivity index (χ2n) is 4.33. The Morgan fingerprint density at radius 2 is 1.86 bits per heavy atom. The first kappa shape index (κ1) is 15.2. The summed E-state index contributed by atoms with van der Waals surface area (Å²) in [5, 5.41) is 32.0. The van der Waals surface area contributed by atoms with Crippen LogP contribution in [0, 0.1) is 0 Å². The van der Waals surface area contributed by atoms with Gasteiger partial charge in [0.1, 0.15) is 11.5 Å². The fourth-order valence-electron chi connectivity index (χ4n) is 1.69. The highest BCUT2D eigenvalue weighted by atomic mass is 16.5. The maximum absolute atomic E-state index is 11.9.